The number of rotatable bonds is 2. The lowest BCUT2D eigenvalue weighted by Gasteiger charge is -2.41. The van der Waals surface area contributed by atoms with Gasteiger partial charge >= 0.3 is 0 Å². The summed E-state index contributed by atoms with van der Waals surface area (Å²) in [6.07, 6.45) is 7.25. The van der Waals surface area contributed by atoms with Gasteiger partial charge in [-0.05, 0) is 37.1 Å². The Morgan fingerprint density at radius 2 is 2.00 bits per heavy atom. The number of ether oxygens (including phenoxy) is 1. The number of anilines is 1. The minimum Gasteiger partial charge on any atom is -0.374 e. The van der Waals surface area contributed by atoms with Crippen molar-refractivity contribution in [3.63, 3.8) is 0 Å². The molecule has 0 saturated carbocycles. The number of hydrogen-bond donors (Lipinski definition) is 0. The van der Waals surface area contributed by atoms with Crippen LogP contribution in [0.25, 0.3) is 0 Å². The van der Waals surface area contributed by atoms with Crippen LogP contribution in [-0.4, -0.2) is 59.2 Å². The van der Waals surface area contributed by atoms with Crippen molar-refractivity contribution in [1.29, 1.82) is 0 Å². The summed E-state index contributed by atoms with van der Waals surface area (Å²) in [5, 5.41) is 0. The van der Waals surface area contributed by atoms with E-state index in [1.807, 2.05) is 29.3 Å². The van der Waals surface area contributed by atoms with Crippen molar-refractivity contribution in [3.05, 3.63) is 54.6 Å². The van der Waals surface area contributed by atoms with Gasteiger partial charge in [0.15, 0.2) is 0 Å². The Hall–Kier alpha value is -2.47. The molecule has 4 heterocycles. The Kier molecular flexibility index (Phi) is 4.61. The molecule has 2 aromatic heterocycles. The van der Waals surface area contributed by atoms with Crippen LogP contribution < -0.4 is 4.90 Å². The second-order valence-electron chi connectivity index (χ2n) is 6.47. The summed E-state index contributed by atoms with van der Waals surface area (Å²) in [5.74, 6) is 0.00664. The monoisotopic (exact) mass is 338 g/mol. The largest absolute Gasteiger partial charge is 0.374 e. The highest BCUT2D eigenvalue weighted by atomic mass is 16.5. The van der Waals surface area contributed by atoms with Gasteiger partial charge in [0.05, 0.1) is 30.6 Å². The second kappa shape index (κ2) is 7.19. The van der Waals surface area contributed by atoms with Crippen LogP contribution in [-0.2, 0) is 4.74 Å². The SMILES string of the molecule is O=C(c1ccccn1)N1CCC2OCCN(c3cccnc3)C2CC1. The molecule has 6 heteroatoms. The highest BCUT2D eigenvalue weighted by Crippen LogP contribution is 2.28. The Labute approximate surface area is 147 Å². The van der Waals surface area contributed by atoms with Crippen molar-refractivity contribution in [2.24, 2.45) is 0 Å². The number of carbonyl (C=O) groups is 1. The highest BCUT2D eigenvalue weighted by molar-refractivity contribution is 5.92. The molecular weight excluding hydrogens is 316 g/mol. The number of aromatic nitrogens is 2. The molecule has 2 saturated heterocycles. The van der Waals surface area contributed by atoms with E-state index in [0.717, 1.165) is 31.6 Å². The van der Waals surface area contributed by atoms with Crippen molar-refractivity contribution in [2.45, 2.75) is 25.0 Å². The molecular formula is C19H22N4O2. The molecule has 0 aliphatic carbocycles. The number of likely N-dealkylation sites (tertiary alicyclic amines) is 1. The van der Waals surface area contributed by atoms with Crippen LogP contribution in [0.15, 0.2) is 48.9 Å². The van der Waals surface area contributed by atoms with E-state index in [1.165, 1.54) is 0 Å². The predicted octanol–water partition coefficient (Wildman–Crippen LogP) is 1.99. The van der Waals surface area contributed by atoms with Gasteiger partial charge in [-0.1, -0.05) is 6.07 Å². The van der Waals surface area contributed by atoms with E-state index in [1.54, 1.807) is 18.5 Å². The van der Waals surface area contributed by atoms with Crippen molar-refractivity contribution in [2.75, 3.05) is 31.1 Å². The number of nitrogens with zero attached hydrogens (tertiary/aromatic N) is 4. The van der Waals surface area contributed by atoms with Gasteiger partial charge < -0.3 is 14.5 Å². The van der Waals surface area contributed by atoms with Crippen LogP contribution >= 0.6 is 0 Å². The summed E-state index contributed by atoms with van der Waals surface area (Å²) in [5.41, 5.74) is 1.64. The molecule has 0 N–H and O–H groups in total. The summed E-state index contributed by atoms with van der Waals surface area (Å²) in [6.45, 7) is 3.00. The lowest BCUT2D eigenvalue weighted by Crippen LogP contribution is -2.51. The molecule has 2 unspecified atom stereocenters. The van der Waals surface area contributed by atoms with E-state index in [4.69, 9.17) is 4.74 Å². The van der Waals surface area contributed by atoms with E-state index in [0.29, 0.717) is 18.8 Å². The molecule has 0 spiro atoms. The molecule has 2 aliphatic rings. The molecule has 25 heavy (non-hydrogen) atoms. The number of pyridine rings is 2. The van der Waals surface area contributed by atoms with E-state index < -0.39 is 0 Å². The van der Waals surface area contributed by atoms with E-state index in [2.05, 4.69) is 20.9 Å². The lowest BCUT2D eigenvalue weighted by atomic mass is 10.0. The first-order chi connectivity index (χ1) is 12.3. The van der Waals surface area contributed by atoms with Crippen LogP contribution in [0.3, 0.4) is 0 Å². The lowest BCUT2D eigenvalue weighted by molar-refractivity contribution is 0.00907. The minimum atomic E-state index is 0.00664. The summed E-state index contributed by atoms with van der Waals surface area (Å²) < 4.78 is 6.03. The zero-order valence-electron chi connectivity index (χ0n) is 14.1. The molecule has 0 bridgehead atoms. The van der Waals surface area contributed by atoms with E-state index in [9.17, 15) is 4.79 Å². The minimum absolute atomic E-state index is 0.00664. The standard InChI is InChI=1S/C19H22N4O2/c24-19(16-5-1-2-9-21-16)22-10-6-17-18(7-11-22)25-13-12-23(17)15-4-3-8-20-14-15/h1-5,8-9,14,17-18H,6-7,10-13H2. The zero-order valence-corrected chi connectivity index (χ0v) is 14.1. The number of carbonyl (C=O) groups excluding carboxylic acids is 1. The molecule has 2 aliphatic heterocycles. The third kappa shape index (κ3) is 3.35. The molecule has 130 valence electrons. The third-order valence-electron chi connectivity index (χ3n) is 5.02. The van der Waals surface area contributed by atoms with Crippen molar-refractivity contribution >= 4 is 11.6 Å². The fraction of sp³-hybridized carbons (Fsp3) is 0.421. The molecule has 0 aromatic carbocycles. The van der Waals surface area contributed by atoms with Gasteiger partial charge in [0, 0.05) is 32.0 Å². The summed E-state index contributed by atoms with van der Waals surface area (Å²) in [7, 11) is 0. The normalized spacial score (nSPS) is 23.7. The number of amides is 1. The van der Waals surface area contributed by atoms with E-state index in [-0.39, 0.29) is 18.1 Å². The molecule has 2 aromatic rings. The Morgan fingerprint density at radius 1 is 1.08 bits per heavy atom. The zero-order chi connectivity index (χ0) is 17.1. The Morgan fingerprint density at radius 3 is 2.80 bits per heavy atom. The van der Waals surface area contributed by atoms with Crippen LogP contribution in [0, 0.1) is 0 Å². The first-order valence-corrected chi connectivity index (χ1v) is 8.81. The predicted molar refractivity (Wildman–Crippen MR) is 94.5 cm³/mol. The molecule has 1 amide bonds. The van der Waals surface area contributed by atoms with Crippen molar-refractivity contribution in [3.8, 4) is 0 Å². The van der Waals surface area contributed by atoms with E-state index >= 15 is 0 Å². The maximum Gasteiger partial charge on any atom is 0.272 e. The summed E-state index contributed by atoms with van der Waals surface area (Å²) in [4.78, 5) is 25.4. The molecule has 4 rings (SSSR count). The molecule has 0 radical (unpaired) electrons. The first-order valence-electron chi connectivity index (χ1n) is 8.81. The number of fused-ring (bicyclic) bond motifs is 1. The quantitative estimate of drug-likeness (QED) is 0.838. The smallest absolute Gasteiger partial charge is 0.272 e. The van der Waals surface area contributed by atoms with Gasteiger partial charge in [0.25, 0.3) is 5.91 Å². The maximum atomic E-state index is 12.7. The van der Waals surface area contributed by atoms with Crippen molar-refractivity contribution in [1.82, 2.24) is 14.9 Å². The second-order valence-corrected chi connectivity index (χ2v) is 6.47. The van der Waals surface area contributed by atoms with Crippen LogP contribution in [0.4, 0.5) is 5.69 Å². The van der Waals surface area contributed by atoms with Crippen LogP contribution in [0.2, 0.25) is 0 Å². The highest BCUT2D eigenvalue weighted by Gasteiger charge is 2.36. The van der Waals surface area contributed by atoms with Crippen molar-refractivity contribution < 1.29 is 9.53 Å². The average Bonchev–Trinajstić information content (AvgIpc) is 2.91. The van der Waals surface area contributed by atoms with Gasteiger partial charge in [-0.2, -0.15) is 0 Å². The van der Waals surface area contributed by atoms with Gasteiger partial charge in [0.1, 0.15) is 5.69 Å². The first kappa shape index (κ1) is 16.0. The molecule has 2 fully saturated rings. The van der Waals surface area contributed by atoms with Gasteiger partial charge in [0.2, 0.25) is 0 Å². The fourth-order valence-electron chi connectivity index (χ4n) is 3.78. The van der Waals surface area contributed by atoms with Crippen LogP contribution in [0.1, 0.15) is 23.3 Å². The topological polar surface area (TPSA) is 58.6 Å². The Bertz CT molecular complexity index is 710. The molecule has 2 atom stereocenters. The van der Waals surface area contributed by atoms with Gasteiger partial charge in [-0.15, -0.1) is 0 Å². The fourth-order valence-corrected chi connectivity index (χ4v) is 3.78. The Balaban J connectivity index is 1.50. The number of morpholine rings is 1. The summed E-state index contributed by atoms with van der Waals surface area (Å²) >= 11 is 0. The number of hydrogen-bond acceptors (Lipinski definition) is 5. The van der Waals surface area contributed by atoms with Gasteiger partial charge in [-0.3, -0.25) is 14.8 Å². The third-order valence-corrected chi connectivity index (χ3v) is 5.02. The maximum absolute atomic E-state index is 12.7. The van der Waals surface area contributed by atoms with Gasteiger partial charge in [-0.25, -0.2) is 0 Å². The summed E-state index contributed by atoms with van der Waals surface area (Å²) in [6, 6.07) is 9.79. The average molecular weight is 338 g/mol. The molecule has 6 nitrogen and oxygen atoms in total. The van der Waals surface area contributed by atoms with Crippen LogP contribution in [0.5, 0.6) is 0 Å².